The summed E-state index contributed by atoms with van der Waals surface area (Å²) in [5.41, 5.74) is 4.49. The predicted octanol–water partition coefficient (Wildman–Crippen LogP) is -2.33. The van der Waals surface area contributed by atoms with Gasteiger partial charge in [0.25, 0.3) is 0 Å². The number of hydrogen-bond acceptors (Lipinski definition) is 1. The van der Waals surface area contributed by atoms with E-state index in [1.54, 1.807) is 16.0 Å². The van der Waals surface area contributed by atoms with Crippen LogP contribution in [0, 0.1) is 0 Å². The van der Waals surface area contributed by atoms with Crippen LogP contribution >= 0.6 is 0 Å². The van der Waals surface area contributed by atoms with Crippen LogP contribution in [-0.2, 0) is 6.54 Å². The van der Waals surface area contributed by atoms with Crippen LogP contribution in [0.4, 0.5) is 5.69 Å². The van der Waals surface area contributed by atoms with Crippen LogP contribution in [0.1, 0.15) is 24.1 Å². The maximum atomic E-state index is 2.50. The van der Waals surface area contributed by atoms with E-state index in [2.05, 4.69) is 49.4 Å². The van der Waals surface area contributed by atoms with Gasteiger partial charge in [-0.25, -0.2) is 0 Å². The van der Waals surface area contributed by atoms with Gasteiger partial charge in [0.05, 0.1) is 6.54 Å². The van der Waals surface area contributed by atoms with Gasteiger partial charge >= 0.3 is 0 Å². The molecular weight excluding hydrogens is 260 g/mol. The van der Waals surface area contributed by atoms with Gasteiger partial charge in [-0.15, -0.1) is 0 Å². The molecule has 1 aromatic rings. The second-order valence-corrected chi connectivity index (χ2v) is 6.82. The van der Waals surface area contributed by atoms with Crippen molar-refractivity contribution in [3.8, 4) is 0 Å². The summed E-state index contributed by atoms with van der Waals surface area (Å²) < 4.78 is 0. The summed E-state index contributed by atoms with van der Waals surface area (Å²) in [5, 5.41) is 2.50. The van der Waals surface area contributed by atoms with Gasteiger partial charge in [-0.05, 0) is 19.1 Å². The van der Waals surface area contributed by atoms with Crippen molar-refractivity contribution in [2.75, 3.05) is 58.3 Å². The van der Waals surface area contributed by atoms with Crippen LogP contribution in [0.3, 0.4) is 0 Å². The molecule has 116 valence electrons. The molecule has 0 bridgehead atoms. The van der Waals surface area contributed by atoms with Gasteiger partial charge in [-0.3, -0.25) is 0 Å². The summed E-state index contributed by atoms with van der Waals surface area (Å²) in [7, 11) is 4.26. The third kappa shape index (κ3) is 3.07. The van der Waals surface area contributed by atoms with Gasteiger partial charge in [0, 0.05) is 30.9 Å². The fraction of sp³-hybridized carbons (Fsp3) is 0.647. The van der Waals surface area contributed by atoms with Crippen molar-refractivity contribution in [2.24, 2.45) is 0 Å². The first-order valence-electron chi connectivity index (χ1n) is 8.49. The summed E-state index contributed by atoms with van der Waals surface area (Å²) in [6.45, 7) is 11.3. The molecule has 4 nitrogen and oxygen atoms in total. The Morgan fingerprint density at radius 1 is 1.19 bits per heavy atom. The first-order valence-corrected chi connectivity index (χ1v) is 8.49. The molecule has 3 rings (SSSR count). The smallest absolute Gasteiger partial charge is 0.163 e. The van der Waals surface area contributed by atoms with E-state index in [1.807, 2.05) is 4.90 Å². The zero-order valence-corrected chi connectivity index (χ0v) is 13.8. The highest BCUT2D eigenvalue weighted by Gasteiger charge is 2.34. The van der Waals surface area contributed by atoms with E-state index in [4.69, 9.17) is 0 Å². The van der Waals surface area contributed by atoms with Crippen LogP contribution in [0.2, 0.25) is 0 Å². The standard InChI is InChI=1S/C17H28N4/c1-4-20-7-9-21(10-8-20)17-13-18-12-14-11-15(19(2)3)5-6-16(14)17/h5-6,11,17-18H,4,7-10,12-13H2,1-3H3/p+3/t17-/m1/s1. The van der Waals surface area contributed by atoms with E-state index in [0.29, 0.717) is 6.04 Å². The molecule has 0 spiro atoms. The van der Waals surface area contributed by atoms with Crippen LogP contribution in [0.15, 0.2) is 18.2 Å². The van der Waals surface area contributed by atoms with Crippen molar-refractivity contribution in [3.63, 3.8) is 0 Å². The van der Waals surface area contributed by atoms with Gasteiger partial charge < -0.3 is 20.0 Å². The molecule has 1 aromatic carbocycles. The third-order valence-electron chi connectivity index (χ3n) is 5.38. The van der Waals surface area contributed by atoms with Crippen molar-refractivity contribution < 1.29 is 15.1 Å². The van der Waals surface area contributed by atoms with E-state index in [0.717, 1.165) is 6.54 Å². The topological polar surface area (TPSA) is 28.7 Å². The molecule has 0 aromatic heterocycles. The SMILES string of the molecule is CC[NH+]1CC[NH+]([C@@H]2C[NH2+]Cc3cc(N(C)C)ccc32)CC1. The Bertz CT molecular complexity index is 478. The number of fused-ring (bicyclic) bond motifs is 1. The predicted molar refractivity (Wildman–Crippen MR) is 85.9 cm³/mol. The highest BCUT2D eigenvalue weighted by molar-refractivity contribution is 5.50. The molecule has 2 heterocycles. The molecule has 4 N–H and O–H groups in total. The highest BCUT2D eigenvalue weighted by Crippen LogP contribution is 2.22. The van der Waals surface area contributed by atoms with Crippen molar-refractivity contribution in [2.45, 2.75) is 19.5 Å². The minimum atomic E-state index is 0.698. The Labute approximate surface area is 128 Å². The Morgan fingerprint density at radius 3 is 2.62 bits per heavy atom. The average Bonchev–Trinajstić information content (AvgIpc) is 2.54. The molecule has 0 saturated carbocycles. The van der Waals surface area contributed by atoms with Crippen molar-refractivity contribution >= 4 is 5.69 Å². The zero-order valence-electron chi connectivity index (χ0n) is 13.8. The summed E-state index contributed by atoms with van der Waals surface area (Å²) in [6, 6.07) is 7.78. The molecule has 0 aliphatic carbocycles. The van der Waals surface area contributed by atoms with E-state index in [1.165, 1.54) is 45.0 Å². The molecule has 0 radical (unpaired) electrons. The largest absolute Gasteiger partial charge is 0.378 e. The lowest BCUT2D eigenvalue weighted by Crippen LogP contribution is -3.28. The summed E-state index contributed by atoms with van der Waals surface area (Å²) in [6.07, 6.45) is 0. The maximum absolute atomic E-state index is 2.50. The molecule has 21 heavy (non-hydrogen) atoms. The number of quaternary nitrogens is 3. The van der Waals surface area contributed by atoms with Crippen molar-refractivity contribution in [1.82, 2.24) is 0 Å². The lowest BCUT2D eigenvalue weighted by Gasteiger charge is -2.36. The highest BCUT2D eigenvalue weighted by atomic mass is 15.3. The Balaban J connectivity index is 1.78. The normalized spacial score (nSPS) is 29.0. The van der Waals surface area contributed by atoms with E-state index in [9.17, 15) is 0 Å². The summed E-state index contributed by atoms with van der Waals surface area (Å²) in [4.78, 5) is 5.80. The lowest BCUT2D eigenvalue weighted by molar-refractivity contribution is -1.03. The fourth-order valence-corrected chi connectivity index (χ4v) is 3.93. The molecule has 2 aliphatic rings. The molecule has 0 amide bonds. The second kappa shape index (κ2) is 6.34. The van der Waals surface area contributed by atoms with Crippen molar-refractivity contribution in [3.05, 3.63) is 29.3 Å². The number of rotatable bonds is 3. The third-order valence-corrected chi connectivity index (χ3v) is 5.38. The van der Waals surface area contributed by atoms with Crippen molar-refractivity contribution in [1.29, 1.82) is 0 Å². The van der Waals surface area contributed by atoms with Gasteiger partial charge in [-0.1, -0.05) is 6.07 Å². The number of hydrogen-bond donors (Lipinski definition) is 3. The maximum Gasteiger partial charge on any atom is 0.163 e. The monoisotopic (exact) mass is 291 g/mol. The second-order valence-electron chi connectivity index (χ2n) is 6.82. The Morgan fingerprint density at radius 2 is 1.95 bits per heavy atom. The van der Waals surface area contributed by atoms with Gasteiger partial charge in [-0.2, -0.15) is 0 Å². The van der Waals surface area contributed by atoms with Crippen LogP contribution in [0.5, 0.6) is 0 Å². The zero-order chi connectivity index (χ0) is 14.8. The minimum absolute atomic E-state index is 0.698. The van der Waals surface area contributed by atoms with E-state index < -0.39 is 0 Å². The van der Waals surface area contributed by atoms with Crippen LogP contribution in [-0.4, -0.2) is 53.4 Å². The van der Waals surface area contributed by atoms with E-state index in [-0.39, 0.29) is 0 Å². The average molecular weight is 291 g/mol. The Hall–Kier alpha value is -1.10. The fourth-order valence-electron chi connectivity index (χ4n) is 3.93. The molecule has 1 fully saturated rings. The number of benzene rings is 1. The van der Waals surface area contributed by atoms with E-state index >= 15 is 0 Å². The lowest BCUT2D eigenvalue weighted by atomic mass is 9.94. The first kappa shape index (κ1) is 14.8. The summed E-state index contributed by atoms with van der Waals surface area (Å²) in [5.74, 6) is 0. The van der Waals surface area contributed by atoms with Gasteiger partial charge in [0.1, 0.15) is 39.3 Å². The number of anilines is 1. The summed E-state index contributed by atoms with van der Waals surface area (Å²) >= 11 is 0. The van der Waals surface area contributed by atoms with Crippen LogP contribution < -0.4 is 20.0 Å². The van der Waals surface area contributed by atoms with Crippen LogP contribution in [0.25, 0.3) is 0 Å². The minimum Gasteiger partial charge on any atom is -0.378 e. The molecule has 1 atom stereocenters. The number of likely N-dealkylation sites (N-methyl/N-ethyl adjacent to an activating group) is 1. The quantitative estimate of drug-likeness (QED) is 0.573. The number of nitrogens with one attached hydrogen (secondary N) is 2. The Kier molecular flexibility index (Phi) is 4.48. The molecule has 4 heteroatoms. The molecule has 0 unspecified atom stereocenters. The molecule has 1 saturated heterocycles. The molecule has 2 aliphatic heterocycles. The van der Waals surface area contributed by atoms with Gasteiger partial charge in [0.2, 0.25) is 0 Å². The first-order chi connectivity index (χ1) is 10.2. The number of nitrogens with zero attached hydrogens (tertiary/aromatic N) is 1. The number of piperazine rings is 1. The van der Waals surface area contributed by atoms with Gasteiger partial charge in [0.15, 0.2) is 6.04 Å². The number of nitrogens with two attached hydrogens (primary N) is 1. The molecular formula is C17H31N4+3.